The van der Waals surface area contributed by atoms with Crippen LogP contribution in [0.2, 0.25) is 0 Å². The van der Waals surface area contributed by atoms with Gasteiger partial charge in [-0.3, -0.25) is 0 Å². The molecule has 0 heterocycles. The van der Waals surface area contributed by atoms with Crippen molar-refractivity contribution in [3.8, 4) is 17.2 Å². The molecule has 71 valence electrons. The molecule has 0 aliphatic carbocycles. The second kappa shape index (κ2) is 4.60. The van der Waals surface area contributed by atoms with E-state index in [1.807, 2.05) is 18.2 Å². The SMILES string of the molecule is [CH2]COc1cccc(OC)c1OC. The van der Waals surface area contributed by atoms with Gasteiger partial charge in [-0.2, -0.15) is 0 Å². The van der Waals surface area contributed by atoms with Crippen LogP contribution in [0, 0.1) is 6.92 Å². The van der Waals surface area contributed by atoms with Crippen molar-refractivity contribution in [2.75, 3.05) is 20.8 Å². The van der Waals surface area contributed by atoms with Gasteiger partial charge in [-0.15, -0.1) is 0 Å². The topological polar surface area (TPSA) is 27.7 Å². The zero-order valence-electron chi connectivity index (χ0n) is 7.87. The molecule has 1 aromatic carbocycles. The molecular weight excluding hydrogens is 168 g/mol. The van der Waals surface area contributed by atoms with Crippen LogP contribution in [-0.2, 0) is 0 Å². The fraction of sp³-hybridized carbons (Fsp3) is 0.300. The van der Waals surface area contributed by atoms with Gasteiger partial charge in [0.15, 0.2) is 11.5 Å². The summed E-state index contributed by atoms with van der Waals surface area (Å²) in [5.41, 5.74) is 0. The number of rotatable bonds is 4. The maximum absolute atomic E-state index is 5.25. The first-order valence-corrected chi connectivity index (χ1v) is 3.96. The van der Waals surface area contributed by atoms with E-state index in [-0.39, 0.29) is 0 Å². The average molecular weight is 181 g/mol. The summed E-state index contributed by atoms with van der Waals surface area (Å²) in [5.74, 6) is 1.92. The van der Waals surface area contributed by atoms with Crippen molar-refractivity contribution in [2.24, 2.45) is 0 Å². The van der Waals surface area contributed by atoms with E-state index in [2.05, 4.69) is 6.92 Å². The highest BCUT2D eigenvalue weighted by Crippen LogP contribution is 2.36. The maximum atomic E-state index is 5.25. The molecule has 1 aromatic rings. The minimum Gasteiger partial charge on any atom is -0.493 e. The molecular formula is C10H13O3. The second-order valence-corrected chi connectivity index (χ2v) is 2.34. The smallest absolute Gasteiger partial charge is 0.203 e. The molecule has 0 bridgehead atoms. The summed E-state index contributed by atoms with van der Waals surface area (Å²) < 4.78 is 15.5. The van der Waals surface area contributed by atoms with Crippen LogP contribution in [0.4, 0.5) is 0 Å². The Kier molecular flexibility index (Phi) is 3.43. The van der Waals surface area contributed by atoms with Crippen molar-refractivity contribution >= 4 is 0 Å². The third-order valence-electron chi connectivity index (χ3n) is 1.62. The monoisotopic (exact) mass is 181 g/mol. The summed E-state index contributed by atoms with van der Waals surface area (Å²) >= 11 is 0. The summed E-state index contributed by atoms with van der Waals surface area (Å²) in [7, 11) is 3.17. The number of ether oxygens (including phenoxy) is 3. The van der Waals surface area contributed by atoms with Gasteiger partial charge in [-0.05, 0) is 19.1 Å². The van der Waals surface area contributed by atoms with E-state index in [1.165, 1.54) is 0 Å². The van der Waals surface area contributed by atoms with Crippen LogP contribution in [0.15, 0.2) is 18.2 Å². The van der Waals surface area contributed by atoms with Crippen LogP contribution in [0.5, 0.6) is 17.2 Å². The minimum atomic E-state index is 0.365. The molecule has 1 radical (unpaired) electrons. The zero-order valence-corrected chi connectivity index (χ0v) is 7.87. The number of hydrogen-bond acceptors (Lipinski definition) is 3. The molecule has 1 rings (SSSR count). The van der Waals surface area contributed by atoms with Crippen LogP contribution in [0.25, 0.3) is 0 Å². The lowest BCUT2D eigenvalue weighted by Crippen LogP contribution is -1.97. The third kappa shape index (κ3) is 2.05. The fourth-order valence-corrected chi connectivity index (χ4v) is 1.08. The van der Waals surface area contributed by atoms with Crippen molar-refractivity contribution in [2.45, 2.75) is 0 Å². The van der Waals surface area contributed by atoms with Gasteiger partial charge in [-0.25, -0.2) is 0 Å². The van der Waals surface area contributed by atoms with E-state index in [4.69, 9.17) is 14.2 Å². The van der Waals surface area contributed by atoms with Gasteiger partial charge in [0, 0.05) is 0 Å². The van der Waals surface area contributed by atoms with Crippen LogP contribution < -0.4 is 14.2 Å². The van der Waals surface area contributed by atoms with Crippen molar-refractivity contribution < 1.29 is 14.2 Å². The highest BCUT2D eigenvalue weighted by molar-refractivity contribution is 5.50. The fourth-order valence-electron chi connectivity index (χ4n) is 1.08. The highest BCUT2D eigenvalue weighted by Gasteiger charge is 2.09. The molecule has 3 heteroatoms. The zero-order chi connectivity index (χ0) is 9.68. The van der Waals surface area contributed by atoms with Gasteiger partial charge >= 0.3 is 0 Å². The molecule has 0 saturated carbocycles. The van der Waals surface area contributed by atoms with E-state index in [9.17, 15) is 0 Å². The lowest BCUT2D eigenvalue weighted by molar-refractivity contribution is 0.306. The van der Waals surface area contributed by atoms with Gasteiger partial charge in [0.25, 0.3) is 0 Å². The molecule has 0 unspecified atom stereocenters. The molecule has 0 fully saturated rings. The lowest BCUT2D eigenvalue weighted by Gasteiger charge is -2.11. The van der Waals surface area contributed by atoms with E-state index in [0.717, 1.165) is 0 Å². The Morgan fingerprint density at radius 2 is 1.85 bits per heavy atom. The van der Waals surface area contributed by atoms with E-state index in [0.29, 0.717) is 23.9 Å². The van der Waals surface area contributed by atoms with Crippen molar-refractivity contribution in [1.29, 1.82) is 0 Å². The first-order valence-electron chi connectivity index (χ1n) is 3.96. The Morgan fingerprint density at radius 3 is 2.38 bits per heavy atom. The Morgan fingerprint density at radius 1 is 1.15 bits per heavy atom. The van der Waals surface area contributed by atoms with Crippen molar-refractivity contribution in [1.82, 2.24) is 0 Å². The summed E-state index contributed by atoms with van der Waals surface area (Å²) in [6.45, 7) is 3.96. The van der Waals surface area contributed by atoms with Gasteiger partial charge < -0.3 is 14.2 Å². The lowest BCUT2D eigenvalue weighted by atomic mass is 10.3. The number of benzene rings is 1. The molecule has 3 nitrogen and oxygen atoms in total. The Hall–Kier alpha value is -1.38. The first kappa shape index (κ1) is 9.71. The summed E-state index contributed by atoms with van der Waals surface area (Å²) in [5, 5.41) is 0. The second-order valence-electron chi connectivity index (χ2n) is 2.34. The van der Waals surface area contributed by atoms with Crippen LogP contribution >= 0.6 is 0 Å². The predicted molar refractivity (Wildman–Crippen MR) is 50.4 cm³/mol. The molecule has 0 aliphatic rings. The average Bonchev–Trinajstić information content (AvgIpc) is 2.18. The molecule has 0 atom stereocenters. The standard InChI is InChI=1S/C10H13O3/c1-4-13-9-7-5-6-8(11-2)10(9)12-3/h5-7H,1,4H2,2-3H3. The van der Waals surface area contributed by atoms with Crippen molar-refractivity contribution in [3.63, 3.8) is 0 Å². The van der Waals surface area contributed by atoms with Gasteiger partial charge in [0.05, 0.1) is 20.8 Å². The minimum absolute atomic E-state index is 0.365. The molecule has 0 spiro atoms. The Labute approximate surface area is 78.2 Å². The van der Waals surface area contributed by atoms with Crippen molar-refractivity contribution in [3.05, 3.63) is 25.1 Å². The molecule has 0 N–H and O–H groups in total. The maximum Gasteiger partial charge on any atom is 0.203 e. The van der Waals surface area contributed by atoms with Gasteiger partial charge in [0.1, 0.15) is 0 Å². The van der Waals surface area contributed by atoms with Crippen LogP contribution in [0.3, 0.4) is 0 Å². The quantitative estimate of drug-likeness (QED) is 0.710. The van der Waals surface area contributed by atoms with Gasteiger partial charge in [-0.1, -0.05) is 6.07 Å². The molecule has 0 amide bonds. The van der Waals surface area contributed by atoms with Gasteiger partial charge in [0.2, 0.25) is 5.75 Å². The summed E-state index contributed by atoms with van der Waals surface area (Å²) in [6.07, 6.45) is 0. The number of hydrogen-bond donors (Lipinski definition) is 0. The molecule has 0 saturated heterocycles. The third-order valence-corrected chi connectivity index (χ3v) is 1.62. The van der Waals surface area contributed by atoms with Crippen LogP contribution in [-0.4, -0.2) is 20.8 Å². The first-order chi connectivity index (χ1) is 6.33. The highest BCUT2D eigenvalue weighted by atomic mass is 16.5. The van der Waals surface area contributed by atoms with E-state index >= 15 is 0 Å². The number of methoxy groups -OCH3 is 2. The largest absolute Gasteiger partial charge is 0.493 e. The molecule has 13 heavy (non-hydrogen) atoms. The molecule has 0 aliphatic heterocycles. The Balaban J connectivity index is 3.03. The predicted octanol–water partition coefficient (Wildman–Crippen LogP) is 1.92. The van der Waals surface area contributed by atoms with Crippen LogP contribution in [0.1, 0.15) is 0 Å². The van der Waals surface area contributed by atoms with E-state index in [1.54, 1.807) is 14.2 Å². The summed E-state index contributed by atoms with van der Waals surface area (Å²) in [4.78, 5) is 0. The van der Waals surface area contributed by atoms with E-state index < -0.39 is 0 Å². The normalized spacial score (nSPS) is 9.46. The summed E-state index contributed by atoms with van der Waals surface area (Å²) in [6, 6.07) is 5.47. The number of para-hydroxylation sites is 1. The molecule has 0 aromatic heterocycles. The Bertz CT molecular complexity index is 271.